The Kier molecular flexibility index (Phi) is 13.8. The zero-order valence-electron chi connectivity index (χ0n) is 14.7. The minimum Gasteiger partial charge on any atom is -0.330 e. The maximum absolute atomic E-state index is 12.1. The SMILES string of the molecule is NCCCCCCCCCCCCCCCCS(=O)(=O)C(F)(F)F. The monoisotopic (exact) mass is 373 g/mol. The van der Waals surface area contributed by atoms with Crippen LogP contribution in [0.4, 0.5) is 13.2 Å². The number of hydrogen-bond acceptors (Lipinski definition) is 3. The molecule has 0 fully saturated rings. The first-order valence-electron chi connectivity index (χ1n) is 9.30. The van der Waals surface area contributed by atoms with Crippen molar-refractivity contribution in [3.05, 3.63) is 0 Å². The zero-order chi connectivity index (χ0) is 18.3. The van der Waals surface area contributed by atoms with Gasteiger partial charge in [0.15, 0.2) is 0 Å². The average molecular weight is 374 g/mol. The van der Waals surface area contributed by atoms with Gasteiger partial charge >= 0.3 is 5.51 Å². The first kappa shape index (κ1) is 23.7. The lowest BCUT2D eigenvalue weighted by Gasteiger charge is -2.07. The molecule has 0 aliphatic heterocycles. The number of sulfone groups is 1. The molecule has 0 bridgehead atoms. The van der Waals surface area contributed by atoms with Crippen LogP contribution < -0.4 is 5.73 Å². The van der Waals surface area contributed by atoms with Crippen LogP contribution in [-0.2, 0) is 9.84 Å². The van der Waals surface area contributed by atoms with E-state index in [0.29, 0.717) is 6.42 Å². The second kappa shape index (κ2) is 13.9. The summed E-state index contributed by atoms with van der Waals surface area (Å²) in [5.74, 6) is -0.776. The molecule has 0 aromatic heterocycles. The fourth-order valence-electron chi connectivity index (χ4n) is 2.67. The minimum absolute atomic E-state index is 0.103. The molecule has 7 heteroatoms. The first-order valence-corrected chi connectivity index (χ1v) is 11.0. The van der Waals surface area contributed by atoms with Crippen LogP contribution in [0.5, 0.6) is 0 Å². The summed E-state index contributed by atoms with van der Waals surface area (Å²) in [6, 6.07) is 0. The predicted molar refractivity (Wildman–Crippen MR) is 93.5 cm³/mol. The minimum atomic E-state index is -5.10. The Labute approximate surface area is 145 Å². The maximum Gasteiger partial charge on any atom is 0.497 e. The van der Waals surface area contributed by atoms with Gasteiger partial charge in [-0.05, 0) is 19.4 Å². The second-order valence-electron chi connectivity index (χ2n) is 6.50. The topological polar surface area (TPSA) is 60.2 Å². The van der Waals surface area contributed by atoms with Gasteiger partial charge in [0.25, 0.3) is 0 Å². The molecule has 0 heterocycles. The summed E-state index contributed by atoms with van der Waals surface area (Å²) in [5, 5.41) is 0. The lowest BCUT2D eigenvalue weighted by Crippen LogP contribution is -2.26. The smallest absolute Gasteiger partial charge is 0.330 e. The van der Waals surface area contributed by atoms with E-state index in [1.54, 1.807) is 0 Å². The summed E-state index contributed by atoms with van der Waals surface area (Å²) in [6.07, 6.45) is 14.7. The summed E-state index contributed by atoms with van der Waals surface area (Å²) in [7, 11) is -4.92. The highest BCUT2D eigenvalue weighted by molar-refractivity contribution is 7.92. The van der Waals surface area contributed by atoms with E-state index < -0.39 is 21.1 Å². The molecule has 0 spiro atoms. The molecule has 0 aliphatic carbocycles. The van der Waals surface area contributed by atoms with Crippen LogP contribution in [0.15, 0.2) is 0 Å². The number of rotatable bonds is 16. The van der Waals surface area contributed by atoms with Gasteiger partial charge in [-0.3, -0.25) is 0 Å². The number of halogens is 3. The van der Waals surface area contributed by atoms with Crippen molar-refractivity contribution in [1.82, 2.24) is 0 Å². The summed E-state index contributed by atoms with van der Waals surface area (Å²) >= 11 is 0. The van der Waals surface area contributed by atoms with Gasteiger partial charge in [-0.2, -0.15) is 13.2 Å². The van der Waals surface area contributed by atoms with E-state index in [-0.39, 0.29) is 6.42 Å². The predicted octanol–water partition coefficient (Wildman–Crippen LogP) is 5.34. The highest BCUT2D eigenvalue weighted by Crippen LogP contribution is 2.25. The maximum atomic E-state index is 12.1. The Balaban J connectivity index is 3.27. The highest BCUT2D eigenvalue weighted by atomic mass is 32.2. The van der Waals surface area contributed by atoms with Crippen LogP contribution in [0.2, 0.25) is 0 Å². The van der Waals surface area contributed by atoms with Crippen molar-refractivity contribution in [1.29, 1.82) is 0 Å². The Morgan fingerprint density at radius 2 is 0.875 bits per heavy atom. The van der Waals surface area contributed by atoms with Crippen molar-refractivity contribution in [3.63, 3.8) is 0 Å². The quantitative estimate of drug-likeness (QED) is 0.371. The second-order valence-corrected chi connectivity index (χ2v) is 8.60. The number of alkyl halides is 3. The molecule has 24 heavy (non-hydrogen) atoms. The van der Waals surface area contributed by atoms with Crippen molar-refractivity contribution in [2.75, 3.05) is 12.3 Å². The molecule has 0 radical (unpaired) electrons. The van der Waals surface area contributed by atoms with Gasteiger partial charge in [0.2, 0.25) is 9.84 Å². The fraction of sp³-hybridized carbons (Fsp3) is 1.00. The van der Waals surface area contributed by atoms with Crippen LogP contribution in [0, 0.1) is 0 Å². The third-order valence-electron chi connectivity index (χ3n) is 4.22. The van der Waals surface area contributed by atoms with Gasteiger partial charge in [0.05, 0.1) is 5.75 Å². The van der Waals surface area contributed by atoms with Gasteiger partial charge in [-0.25, -0.2) is 8.42 Å². The summed E-state index contributed by atoms with van der Waals surface area (Å²) < 4.78 is 58.1. The Hall–Kier alpha value is -0.300. The van der Waals surface area contributed by atoms with Gasteiger partial charge in [0, 0.05) is 0 Å². The average Bonchev–Trinajstić information content (AvgIpc) is 2.50. The van der Waals surface area contributed by atoms with E-state index >= 15 is 0 Å². The Morgan fingerprint density at radius 3 is 1.17 bits per heavy atom. The van der Waals surface area contributed by atoms with Crippen molar-refractivity contribution in [3.8, 4) is 0 Å². The molecule has 2 N–H and O–H groups in total. The third kappa shape index (κ3) is 13.0. The van der Waals surface area contributed by atoms with Crippen molar-refractivity contribution < 1.29 is 21.6 Å². The standard InChI is InChI=1S/C17H34F3NO2S/c18-17(19,20)24(22,23)16-14-12-10-8-6-4-2-1-3-5-7-9-11-13-15-21/h1-16,21H2. The molecule has 3 nitrogen and oxygen atoms in total. The zero-order valence-corrected chi connectivity index (χ0v) is 15.6. The van der Waals surface area contributed by atoms with E-state index in [1.165, 1.54) is 44.9 Å². The van der Waals surface area contributed by atoms with Crippen molar-refractivity contribution in [2.24, 2.45) is 5.73 Å². The molecule has 0 saturated heterocycles. The van der Waals surface area contributed by atoms with E-state index in [0.717, 1.165) is 38.6 Å². The van der Waals surface area contributed by atoms with Crippen LogP contribution >= 0.6 is 0 Å². The van der Waals surface area contributed by atoms with E-state index in [9.17, 15) is 21.6 Å². The number of hydrogen-bond donors (Lipinski definition) is 1. The normalized spacial score (nSPS) is 12.7. The number of unbranched alkanes of at least 4 members (excludes halogenated alkanes) is 13. The fourth-order valence-corrected chi connectivity index (χ4v) is 3.49. The lowest BCUT2D eigenvalue weighted by molar-refractivity contribution is -0.0435. The van der Waals surface area contributed by atoms with Gasteiger partial charge in [0.1, 0.15) is 0 Å². The van der Waals surface area contributed by atoms with Gasteiger partial charge in [-0.1, -0.05) is 77.0 Å². The third-order valence-corrected chi connectivity index (χ3v) is 5.75. The van der Waals surface area contributed by atoms with Crippen LogP contribution in [0.25, 0.3) is 0 Å². The molecular formula is C17H34F3NO2S. The van der Waals surface area contributed by atoms with Gasteiger partial charge < -0.3 is 5.73 Å². The molecule has 0 aromatic carbocycles. The number of nitrogens with two attached hydrogens (primary N) is 1. The van der Waals surface area contributed by atoms with Gasteiger partial charge in [-0.15, -0.1) is 0 Å². The van der Waals surface area contributed by atoms with Crippen LogP contribution in [0.1, 0.15) is 89.9 Å². The molecule has 146 valence electrons. The highest BCUT2D eigenvalue weighted by Gasteiger charge is 2.44. The molecule has 0 atom stereocenters. The molecule has 0 rings (SSSR count). The molecule has 0 unspecified atom stereocenters. The van der Waals surface area contributed by atoms with Crippen molar-refractivity contribution in [2.45, 2.75) is 95.4 Å². The van der Waals surface area contributed by atoms with Crippen LogP contribution in [-0.4, -0.2) is 26.2 Å². The molecular weight excluding hydrogens is 339 g/mol. The Bertz CT molecular complexity index is 384. The molecule has 0 aliphatic rings. The summed E-state index contributed by atoms with van der Waals surface area (Å²) in [6.45, 7) is 0.790. The first-order chi connectivity index (χ1) is 11.3. The lowest BCUT2D eigenvalue weighted by atomic mass is 10.0. The largest absolute Gasteiger partial charge is 0.497 e. The van der Waals surface area contributed by atoms with E-state index in [4.69, 9.17) is 5.73 Å². The Morgan fingerprint density at radius 1 is 0.583 bits per heavy atom. The summed E-state index contributed by atoms with van der Waals surface area (Å²) in [5.41, 5.74) is 0.340. The van der Waals surface area contributed by atoms with E-state index in [1.807, 2.05) is 0 Å². The van der Waals surface area contributed by atoms with Crippen LogP contribution in [0.3, 0.4) is 0 Å². The summed E-state index contributed by atoms with van der Waals surface area (Å²) in [4.78, 5) is 0. The molecule has 0 aromatic rings. The molecule has 0 saturated carbocycles. The molecule has 0 amide bonds. The van der Waals surface area contributed by atoms with E-state index in [2.05, 4.69) is 0 Å². The van der Waals surface area contributed by atoms with Crippen molar-refractivity contribution >= 4 is 9.84 Å².